The molecule has 98 valence electrons. The third-order valence-corrected chi connectivity index (χ3v) is 3.51. The van der Waals surface area contributed by atoms with Gasteiger partial charge in [-0.1, -0.05) is 22.9 Å². The van der Waals surface area contributed by atoms with Crippen LogP contribution in [0, 0.1) is 0 Å². The number of nitrogen functional groups attached to an aromatic ring is 1. The molecule has 0 bridgehead atoms. The van der Waals surface area contributed by atoms with Crippen LogP contribution in [0.15, 0.2) is 17.3 Å². The molecule has 0 amide bonds. The molecule has 0 aromatic carbocycles. The lowest BCUT2D eigenvalue weighted by atomic mass is 10.3. The highest BCUT2D eigenvalue weighted by Gasteiger charge is 2.20. The molecule has 1 fully saturated rings. The van der Waals surface area contributed by atoms with Crippen molar-refractivity contribution in [2.75, 3.05) is 23.7 Å². The Labute approximate surface area is 118 Å². The summed E-state index contributed by atoms with van der Waals surface area (Å²) in [4.78, 5) is 6.51. The monoisotopic (exact) mass is 295 g/mol. The number of aliphatic imine (C=N–C) groups is 1. The second kappa shape index (κ2) is 5.06. The Balaban J connectivity index is 1.75. The second-order valence-corrected chi connectivity index (χ2v) is 5.43. The standard InChI is InChI=1S/C10H10ClN7S/c11-6-3-8(15-13-4-6)18-2-1-7(5-18)14-10-17-16-9(12)19-10/h3-4H,1-2,5H2,(H2,12,16). The molecule has 2 aromatic rings. The Morgan fingerprint density at radius 1 is 1.37 bits per heavy atom. The third kappa shape index (κ3) is 2.79. The zero-order chi connectivity index (χ0) is 13.2. The summed E-state index contributed by atoms with van der Waals surface area (Å²) < 4.78 is 0. The van der Waals surface area contributed by atoms with E-state index in [0.29, 0.717) is 21.8 Å². The van der Waals surface area contributed by atoms with Crippen LogP contribution in [0.2, 0.25) is 5.02 Å². The minimum absolute atomic E-state index is 0.426. The summed E-state index contributed by atoms with van der Waals surface area (Å²) in [6.07, 6.45) is 2.37. The molecule has 2 aromatic heterocycles. The lowest BCUT2D eigenvalue weighted by Gasteiger charge is -2.14. The van der Waals surface area contributed by atoms with Gasteiger partial charge in [0.05, 0.1) is 17.8 Å². The van der Waals surface area contributed by atoms with E-state index in [1.807, 2.05) is 0 Å². The van der Waals surface area contributed by atoms with Gasteiger partial charge in [-0.3, -0.25) is 0 Å². The number of halogens is 1. The summed E-state index contributed by atoms with van der Waals surface area (Å²) >= 11 is 7.18. The van der Waals surface area contributed by atoms with Crippen molar-refractivity contribution in [1.29, 1.82) is 0 Å². The average molecular weight is 296 g/mol. The molecule has 0 unspecified atom stereocenters. The molecule has 0 saturated carbocycles. The van der Waals surface area contributed by atoms with E-state index in [2.05, 4.69) is 30.3 Å². The molecule has 1 aliphatic heterocycles. The van der Waals surface area contributed by atoms with Crippen LogP contribution in [-0.2, 0) is 0 Å². The topological polar surface area (TPSA) is 93.2 Å². The van der Waals surface area contributed by atoms with Crippen molar-refractivity contribution in [1.82, 2.24) is 20.4 Å². The first kappa shape index (κ1) is 12.2. The summed E-state index contributed by atoms with van der Waals surface area (Å²) in [7, 11) is 0. The molecule has 0 radical (unpaired) electrons. The maximum atomic E-state index is 5.90. The molecule has 0 atom stereocenters. The highest BCUT2D eigenvalue weighted by molar-refractivity contribution is 7.18. The van der Waals surface area contributed by atoms with E-state index in [1.54, 1.807) is 6.07 Å². The van der Waals surface area contributed by atoms with Crippen LogP contribution in [0.25, 0.3) is 0 Å². The molecule has 9 heteroatoms. The van der Waals surface area contributed by atoms with Gasteiger partial charge in [-0.05, 0) is 0 Å². The number of hydrogen-bond acceptors (Lipinski definition) is 8. The minimum Gasteiger partial charge on any atom is -0.374 e. The largest absolute Gasteiger partial charge is 0.374 e. The quantitative estimate of drug-likeness (QED) is 0.903. The Morgan fingerprint density at radius 3 is 3.00 bits per heavy atom. The van der Waals surface area contributed by atoms with E-state index in [9.17, 15) is 0 Å². The summed E-state index contributed by atoms with van der Waals surface area (Å²) in [6.45, 7) is 1.52. The normalized spacial score (nSPS) is 17.3. The first-order valence-corrected chi connectivity index (χ1v) is 6.79. The molecule has 0 aliphatic carbocycles. The van der Waals surface area contributed by atoms with E-state index in [1.165, 1.54) is 17.5 Å². The maximum absolute atomic E-state index is 5.90. The molecule has 3 rings (SSSR count). The van der Waals surface area contributed by atoms with Crippen molar-refractivity contribution in [3.05, 3.63) is 17.3 Å². The second-order valence-electron chi connectivity index (χ2n) is 4.00. The predicted octanol–water partition coefficient (Wildman–Crippen LogP) is 1.55. The number of rotatable bonds is 2. The highest BCUT2D eigenvalue weighted by atomic mass is 35.5. The van der Waals surface area contributed by atoms with E-state index >= 15 is 0 Å². The fourth-order valence-corrected chi connectivity index (χ4v) is 2.49. The Morgan fingerprint density at radius 2 is 2.26 bits per heavy atom. The van der Waals surface area contributed by atoms with Gasteiger partial charge in [0.2, 0.25) is 10.3 Å². The lowest BCUT2D eigenvalue weighted by Crippen LogP contribution is -2.21. The van der Waals surface area contributed by atoms with E-state index in [4.69, 9.17) is 17.3 Å². The fourth-order valence-electron chi connectivity index (χ4n) is 1.82. The van der Waals surface area contributed by atoms with Gasteiger partial charge in [0.1, 0.15) is 0 Å². The zero-order valence-corrected chi connectivity index (χ0v) is 11.4. The summed E-state index contributed by atoms with van der Waals surface area (Å²) in [5, 5.41) is 17.1. The van der Waals surface area contributed by atoms with Crippen LogP contribution >= 0.6 is 22.9 Å². The number of nitrogens with zero attached hydrogens (tertiary/aromatic N) is 6. The lowest BCUT2D eigenvalue weighted by molar-refractivity contribution is 0.896. The van der Waals surface area contributed by atoms with Crippen molar-refractivity contribution in [3.63, 3.8) is 0 Å². The van der Waals surface area contributed by atoms with Crippen molar-refractivity contribution < 1.29 is 0 Å². The van der Waals surface area contributed by atoms with Crippen molar-refractivity contribution in [2.45, 2.75) is 6.42 Å². The summed E-state index contributed by atoms with van der Waals surface area (Å²) in [5.74, 6) is 0.759. The summed E-state index contributed by atoms with van der Waals surface area (Å²) in [6, 6.07) is 1.79. The minimum atomic E-state index is 0.426. The van der Waals surface area contributed by atoms with Crippen molar-refractivity contribution >= 4 is 44.7 Å². The van der Waals surface area contributed by atoms with Crippen molar-refractivity contribution in [3.8, 4) is 0 Å². The fraction of sp³-hybridized carbons (Fsp3) is 0.300. The SMILES string of the molecule is Nc1nnc(N=C2CCN(c3cc(Cl)cnn3)C2)s1. The van der Waals surface area contributed by atoms with Gasteiger partial charge in [-0.15, -0.1) is 15.3 Å². The molecule has 0 spiro atoms. The molecular formula is C10H10ClN7S. The van der Waals surface area contributed by atoms with Crippen LogP contribution < -0.4 is 10.6 Å². The molecular weight excluding hydrogens is 286 g/mol. The van der Waals surface area contributed by atoms with Crippen molar-refractivity contribution in [2.24, 2.45) is 4.99 Å². The van der Waals surface area contributed by atoms with Gasteiger partial charge in [0.25, 0.3) is 0 Å². The number of anilines is 2. The number of aromatic nitrogens is 4. The molecule has 7 nitrogen and oxygen atoms in total. The zero-order valence-electron chi connectivity index (χ0n) is 9.82. The van der Waals surface area contributed by atoms with Gasteiger partial charge in [0, 0.05) is 24.7 Å². The number of nitrogens with two attached hydrogens (primary N) is 1. The van der Waals surface area contributed by atoms with Gasteiger partial charge in [0.15, 0.2) is 5.82 Å². The number of hydrogen-bond donors (Lipinski definition) is 1. The van der Waals surface area contributed by atoms with Crippen LogP contribution in [0.5, 0.6) is 0 Å². The molecule has 1 saturated heterocycles. The van der Waals surface area contributed by atoms with Crippen LogP contribution in [0.4, 0.5) is 16.1 Å². The van der Waals surface area contributed by atoms with Gasteiger partial charge < -0.3 is 10.6 Å². The maximum Gasteiger partial charge on any atom is 0.233 e. The molecule has 19 heavy (non-hydrogen) atoms. The van der Waals surface area contributed by atoms with Gasteiger partial charge in [-0.25, -0.2) is 4.99 Å². The first-order chi connectivity index (χ1) is 9.20. The molecule has 1 aliphatic rings. The van der Waals surface area contributed by atoms with E-state index in [-0.39, 0.29) is 0 Å². The van der Waals surface area contributed by atoms with E-state index < -0.39 is 0 Å². The van der Waals surface area contributed by atoms with Crippen LogP contribution in [0.3, 0.4) is 0 Å². The van der Waals surface area contributed by atoms with E-state index in [0.717, 1.165) is 24.5 Å². The Hall–Kier alpha value is -1.80. The first-order valence-electron chi connectivity index (χ1n) is 5.59. The van der Waals surface area contributed by atoms with Crippen LogP contribution in [-0.4, -0.2) is 39.2 Å². The summed E-state index contributed by atoms with van der Waals surface area (Å²) in [5.41, 5.74) is 6.55. The highest BCUT2D eigenvalue weighted by Crippen LogP contribution is 2.23. The van der Waals surface area contributed by atoms with Gasteiger partial charge in [-0.2, -0.15) is 5.10 Å². The average Bonchev–Trinajstić information content (AvgIpc) is 2.99. The molecule has 3 heterocycles. The smallest absolute Gasteiger partial charge is 0.233 e. The third-order valence-electron chi connectivity index (χ3n) is 2.66. The Bertz CT molecular complexity index is 626. The van der Waals surface area contributed by atoms with Gasteiger partial charge >= 0.3 is 0 Å². The Kier molecular flexibility index (Phi) is 3.26. The predicted molar refractivity (Wildman–Crippen MR) is 75.3 cm³/mol. The van der Waals surface area contributed by atoms with Crippen LogP contribution in [0.1, 0.15) is 6.42 Å². The molecule has 2 N–H and O–H groups in total.